The molecule has 1 aromatic heterocycles. The molecule has 0 N–H and O–H groups in total. The average Bonchev–Trinajstić information content (AvgIpc) is 3.49. The molecule has 0 radical (unpaired) electrons. The second-order valence-corrected chi connectivity index (χ2v) is 12.7. The summed E-state index contributed by atoms with van der Waals surface area (Å²) in [6, 6.07) is 47.4. The second-order valence-electron chi connectivity index (χ2n) is 12.7. The van der Waals surface area contributed by atoms with E-state index >= 15 is 0 Å². The first kappa shape index (κ1) is 24.5. The molecule has 0 amide bonds. The summed E-state index contributed by atoms with van der Waals surface area (Å²) in [5.41, 5.74) is 10.4. The van der Waals surface area contributed by atoms with Crippen molar-refractivity contribution in [2.75, 3.05) is 0 Å². The summed E-state index contributed by atoms with van der Waals surface area (Å²) in [4.78, 5) is 0. The van der Waals surface area contributed by atoms with E-state index in [2.05, 4.69) is 159 Å². The van der Waals surface area contributed by atoms with Gasteiger partial charge in [-0.1, -0.05) is 111 Å². The Labute approximate surface area is 251 Å². The van der Waals surface area contributed by atoms with Crippen LogP contribution in [0.25, 0.3) is 76.5 Å². The average molecular weight is 550 g/mol. The van der Waals surface area contributed by atoms with Crippen molar-refractivity contribution in [3.8, 4) is 16.8 Å². The summed E-state index contributed by atoms with van der Waals surface area (Å²) in [6.45, 7) is 6.87. The Hall–Kier alpha value is -5.14. The Morgan fingerprint density at radius 1 is 0.465 bits per heavy atom. The van der Waals surface area contributed by atoms with Gasteiger partial charge in [0.2, 0.25) is 0 Å². The summed E-state index contributed by atoms with van der Waals surface area (Å²) in [5.74, 6) is 0. The Balaban J connectivity index is 1.27. The fourth-order valence-electron chi connectivity index (χ4n) is 7.76. The van der Waals surface area contributed by atoms with Crippen molar-refractivity contribution < 1.29 is 0 Å². The lowest BCUT2D eigenvalue weighted by atomic mass is 9.87. The van der Waals surface area contributed by atoms with Gasteiger partial charge in [0.1, 0.15) is 0 Å². The van der Waals surface area contributed by atoms with Gasteiger partial charge in [0.15, 0.2) is 0 Å². The smallest absolute Gasteiger partial charge is 0.0541 e. The van der Waals surface area contributed by atoms with Gasteiger partial charge in [-0.05, 0) is 103 Å². The van der Waals surface area contributed by atoms with Crippen LogP contribution in [0, 0.1) is 0 Å². The van der Waals surface area contributed by atoms with Crippen molar-refractivity contribution in [1.29, 1.82) is 0 Å². The Kier molecular flexibility index (Phi) is 4.94. The third-order valence-corrected chi connectivity index (χ3v) is 9.71. The highest BCUT2D eigenvalue weighted by Gasteiger charge is 2.28. The first-order valence-corrected chi connectivity index (χ1v) is 15.2. The predicted octanol–water partition coefficient (Wildman–Crippen LogP) is 11.6. The third-order valence-electron chi connectivity index (χ3n) is 9.71. The quantitative estimate of drug-likeness (QED) is 0.189. The molecule has 7 aromatic carbocycles. The van der Waals surface area contributed by atoms with Gasteiger partial charge in [0, 0.05) is 21.9 Å². The summed E-state index contributed by atoms with van der Waals surface area (Å²) in [5, 5.41) is 10.4. The number of nitrogens with zero attached hydrogens (tertiary/aromatic N) is 1. The van der Waals surface area contributed by atoms with E-state index in [1.807, 2.05) is 0 Å². The van der Waals surface area contributed by atoms with E-state index in [9.17, 15) is 0 Å². The molecule has 0 fully saturated rings. The fraction of sp³-hybridized carbons (Fsp3) is 0.0952. The molecule has 0 saturated heterocycles. The summed E-state index contributed by atoms with van der Waals surface area (Å²) < 4.78 is 2.44. The minimum Gasteiger partial charge on any atom is -0.309 e. The molecule has 1 heterocycles. The van der Waals surface area contributed by atoms with E-state index in [1.165, 1.54) is 87.6 Å². The predicted molar refractivity (Wildman–Crippen MR) is 185 cm³/mol. The van der Waals surface area contributed by atoms with Crippen molar-refractivity contribution >= 4 is 59.7 Å². The molecule has 0 saturated carbocycles. The molecule has 0 atom stereocenters. The maximum atomic E-state index is 2.44. The monoisotopic (exact) mass is 549 g/mol. The van der Waals surface area contributed by atoms with Crippen LogP contribution >= 0.6 is 0 Å². The normalized spacial score (nSPS) is 14.3. The molecule has 43 heavy (non-hydrogen) atoms. The van der Waals surface area contributed by atoms with Crippen LogP contribution in [0.15, 0.2) is 133 Å². The maximum Gasteiger partial charge on any atom is 0.0541 e. The van der Waals surface area contributed by atoms with Crippen LogP contribution in [-0.4, -0.2) is 4.57 Å². The number of fused-ring (bicyclic) bond motifs is 10. The van der Waals surface area contributed by atoms with Gasteiger partial charge in [-0.25, -0.2) is 0 Å². The molecule has 9 rings (SSSR count). The van der Waals surface area contributed by atoms with Gasteiger partial charge in [-0.15, -0.1) is 0 Å². The second kappa shape index (κ2) is 8.69. The van der Waals surface area contributed by atoms with Gasteiger partial charge in [-0.2, -0.15) is 0 Å². The molecule has 204 valence electrons. The number of allylic oxidation sites excluding steroid dienone is 2. The van der Waals surface area contributed by atoms with Gasteiger partial charge in [0.05, 0.1) is 11.0 Å². The van der Waals surface area contributed by atoms with Crippen LogP contribution < -0.4 is 0 Å². The number of benzene rings is 7. The molecule has 1 aliphatic carbocycles. The molecular formula is C42H31N. The number of hydrogen-bond acceptors (Lipinski definition) is 0. The van der Waals surface area contributed by atoms with Crippen molar-refractivity contribution in [3.63, 3.8) is 0 Å². The number of hydrogen-bond donors (Lipinski definition) is 0. The highest BCUT2D eigenvalue weighted by atomic mass is 15.0. The van der Waals surface area contributed by atoms with E-state index < -0.39 is 0 Å². The van der Waals surface area contributed by atoms with Gasteiger partial charge in [0.25, 0.3) is 0 Å². The molecule has 8 aromatic rings. The number of rotatable bonds is 2. The van der Waals surface area contributed by atoms with Crippen LogP contribution in [-0.2, 0) is 5.41 Å². The van der Waals surface area contributed by atoms with E-state index in [4.69, 9.17) is 0 Å². The van der Waals surface area contributed by atoms with Crippen molar-refractivity contribution in [2.24, 2.45) is 0 Å². The zero-order valence-corrected chi connectivity index (χ0v) is 24.6. The lowest BCUT2D eigenvalue weighted by Crippen LogP contribution is -2.11. The Morgan fingerprint density at radius 3 is 1.70 bits per heavy atom. The topological polar surface area (TPSA) is 4.93 Å². The van der Waals surface area contributed by atoms with Crippen LogP contribution in [0.2, 0.25) is 0 Å². The summed E-state index contributed by atoms with van der Waals surface area (Å²) in [7, 11) is 0. The largest absolute Gasteiger partial charge is 0.309 e. The highest BCUT2D eigenvalue weighted by molar-refractivity contribution is 6.25. The lowest BCUT2D eigenvalue weighted by Gasteiger charge is -2.19. The maximum absolute atomic E-state index is 2.44. The zero-order chi connectivity index (χ0) is 28.9. The van der Waals surface area contributed by atoms with Crippen LogP contribution in [0.5, 0.6) is 0 Å². The molecule has 1 heteroatoms. The molecule has 0 aliphatic heterocycles. The first-order chi connectivity index (χ1) is 21.0. The van der Waals surface area contributed by atoms with Gasteiger partial charge >= 0.3 is 0 Å². The van der Waals surface area contributed by atoms with Crippen LogP contribution in [0.3, 0.4) is 0 Å². The first-order valence-electron chi connectivity index (χ1n) is 15.2. The van der Waals surface area contributed by atoms with Gasteiger partial charge < -0.3 is 4.57 Å². The SMILES string of the molecule is CC1=CC(C)(C)c2cc(-n3c4ccccc4c4cc(-c5ccc6c7ccccc7c7ccccc7c6c5)ccc43)ccc21. The lowest BCUT2D eigenvalue weighted by molar-refractivity contribution is 0.682. The molecule has 1 aliphatic rings. The standard InChI is InChI=1S/C42H31N/c1-26-25-42(2,3)39-24-29(18-20-30(26)39)43-40-15-9-8-14-36(40)38-23-28(17-21-41(38)43)27-16-19-35-33-12-5-4-10-31(33)32-11-6-7-13-34(32)37(35)22-27/h4-25H,1-3H3. The third kappa shape index (κ3) is 3.46. The minimum atomic E-state index is 0.0347. The molecule has 0 unspecified atom stereocenters. The van der Waals surface area contributed by atoms with Gasteiger partial charge in [-0.3, -0.25) is 0 Å². The van der Waals surface area contributed by atoms with E-state index in [-0.39, 0.29) is 5.41 Å². The van der Waals surface area contributed by atoms with Crippen molar-refractivity contribution in [2.45, 2.75) is 26.2 Å². The number of para-hydroxylation sites is 1. The molecule has 0 bridgehead atoms. The fourth-order valence-corrected chi connectivity index (χ4v) is 7.76. The summed E-state index contributed by atoms with van der Waals surface area (Å²) in [6.07, 6.45) is 2.40. The van der Waals surface area contributed by atoms with Crippen LogP contribution in [0.4, 0.5) is 0 Å². The van der Waals surface area contributed by atoms with E-state index in [1.54, 1.807) is 0 Å². The molecule has 0 spiro atoms. The highest BCUT2D eigenvalue weighted by Crippen LogP contribution is 2.43. The van der Waals surface area contributed by atoms with E-state index in [0.29, 0.717) is 0 Å². The van der Waals surface area contributed by atoms with Crippen LogP contribution in [0.1, 0.15) is 31.9 Å². The van der Waals surface area contributed by atoms with Crippen molar-refractivity contribution in [3.05, 3.63) is 145 Å². The summed E-state index contributed by atoms with van der Waals surface area (Å²) >= 11 is 0. The molecular weight excluding hydrogens is 518 g/mol. The minimum absolute atomic E-state index is 0.0347. The molecule has 1 nitrogen and oxygen atoms in total. The van der Waals surface area contributed by atoms with E-state index in [0.717, 1.165) is 0 Å². The zero-order valence-electron chi connectivity index (χ0n) is 24.6. The van der Waals surface area contributed by atoms with Crippen molar-refractivity contribution in [1.82, 2.24) is 4.57 Å². The Morgan fingerprint density at radius 2 is 1.00 bits per heavy atom. The Bertz CT molecular complexity index is 2450. The number of aromatic nitrogens is 1.